The van der Waals surface area contributed by atoms with Gasteiger partial charge in [-0.1, -0.05) is 17.3 Å². The first-order chi connectivity index (χ1) is 8.26. The average molecular weight is 234 g/mol. The van der Waals surface area contributed by atoms with E-state index in [2.05, 4.69) is 5.16 Å². The Kier molecular flexibility index (Phi) is 3.30. The Morgan fingerprint density at radius 2 is 2.18 bits per heavy atom. The quantitative estimate of drug-likeness (QED) is 0.876. The molecule has 0 aliphatic carbocycles. The topological polar surface area (TPSA) is 70.5 Å². The summed E-state index contributed by atoms with van der Waals surface area (Å²) in [7, 11) is 3.25. The molecule has 2 rings (SSSR count). The van der Waals surface area contributed by atoms with Crippen molar-refractivity contribution in [2.45, 2.75) is 6.61 Å². The van der Waals surface area contributed by atoms with E-state index in [1.165, 1.54) is 0 Å². The number of methoxy groups -OCH3 is 2. The van der Waals surface area contributed by atoms with E-state index in [9.17, 15) is 0 Å². The summed E-state index contributed by atoms with van der Waals surface area (Å²) in [6.45, 7) is 0.431. The minimum Gasteiger partial charge on any atom is -0.496 e. The minimum absolute atomic E-state index is 0.353. The molecule has 5 nitrogen and oxygen atoms in total. The molecular formula is C12H14N2O3. The molecule has 17 heavy (non-hydrogen) atoms. The summed E-state index contributed by atoms with van der Waals surface area (Å²) in [5.74, 6) is 1.71. The van der Waals surface area contributed by atoms with E-state index in [-0.39, 0.29) is 0 Å². The number of anilines is 1. The van der Waals surface area contributed by atoms with Crippen LogP contribution in [0.15, 0.2) is 28.8 Å². The van der Waals surface area contributed by atoms with Gasteiger partial charge in [0.1, 0.15) is 5.75 Å². The Morgan fingerprint density at radius 3 is 2.76 bits per heavy atom. The number of nitrogens with two attached hydrogens (primary N) is 1. The first-order valence-corrected chi connectivity index (χ1v) is 5.13. The molecule has 0 aliphatic rings. The fourth-order valence-corrected chi connectivity index (χ4v) is 1.70. The molecule has 0 bridgehead atoms. The zero-order chi connectivity index (χ0) is 12.3. The number of benzene rings is 1. The predicted octanol–water partition coefficient (Wildman–Crippen LogP) is 2.08. The molecule has 0 aliphatic heterocycles. The van der Waals surface area contributed by atoms with Crippen LogP contribution in [0.5, 0.6) is 5.75 Å². The van der Waals surface area contributed by atoms with E-state index < -0.39 is 0 Å². The smallest absolute Gasteiger partial charge is 0.169 e. The van der Waals surface area contributed by atoms with E-state index in [0.717, 1.165) is 16.9 Å². The Balaban J connectivity index is 2.52. The van der Waals surface area contributed by atoms with Crippen molar-refractivity contribution in [1.29, 1.82) is 0 Å². The number of aromatic nitrogens is 1. The van der Waals surface area contributed by atoms with Crippen molar-refractivity contribution in [3.8, 4) is 17.1 Å². The highest BCUT2D eigenvalue weighted by Gasteiger charge is 2.14. The van der Waals surface area contributed by atoms with E-state index >= 15 is 0 Å². The minimum atomic E-state index is 0.353. The first-order valence-electron chi connectivity index (χ1n) is 5.13. The third kappa shape index (κ3) is 2.24. The van der Waals surface area contributed by atoms with Crippen molar-refractivity contribution < 1.29 is 14.0 Å². The zero-order valence-electron chi connectivity index (χ0n) is 9.77. The van der Waals surface area contributed by atoms with E-state index in [1.807, 2.05) is 18.2 Å². The molecule has 0 atom stereocenters. The van der Waals surface area contributed by atoms with Crippen LogP contribution in [0.3, 0.4) is 0 Å². The largest absolute Gasteiger partial charge is 0.496 e. The van der Waals surface area contributed by atoms with Crippen LogP contribution in [-0.4, -0.2) is 19.4 Å². The lowest BCUT2D eigenvalue weighted by Crippen LogP contribution is -1.96. The van der Waals surface area contributed by atoms with Gasteiger partial charge in [-0.05, 0) is 6.07 Å². The molecule has 0 saturated heterocycles. The Morgan fingerprint density at radius 1 is 1.35 bits per heavy atom. The van der Waals surface area contributed by atoms with Gasteiger partial charge >= 0.3 is 0 Å². The number of nitrogen functional groups attached to an aromatic ring is 1. The average Bonchev–Trinajstić information content (AvgIpc) is 2.76. The maximum atomic E-state index is 5.54. The SMILES string of the molecule is COCc1c(OC)cccc1-c1cc(N)no1. The lowest BCUT2D eigenvalue weighted by molar-refractivity contribution is 0.182. The highest BCUT2D eigenvalue weighted by molar-refractivity contribution is 5.67. The van der Waals surface area contributed by atoms with Gasteiger partial charge in [0, 0.05) is 24.3 Å². The molecule has 0 unspecified atom stereocenters. The first kappa shape index (κ1) is 11.5. The summed E-state index contributed by atoms with van der Waals surface area (Å²) in [4.78, 5) is 0. The maximum absolute atomic E-state index is 5.54. The van der Waals surface area contributed by atoms with Gasteiger partial charge in [0.2, 0.25) is 0 Å². The predicted molar refractivity (Wildman–Crippen MR) is 63.6 cm³/mol. The van der Waals surface area contributed by atoms with Gasteiger partial charge in [-0.2, -0.15) is 0 Å². The Bertz CT molecular complexity index is 508. The number of hydrogen-bond acceptors (Lipinski definition) is 5. The number of ether oxygens (including phenoxy) is 2. The molecule has 0 saturated carbocycles. The standard InChI is InChI=1S/C12H14N2O3/c1-15-7-9-8(4-3-5-10(9)16-2)11-6-12(13)14-17-11/h3-6H,7H2,1-2H3,(H2,13,14). The summed E-state index contributed by atoms with van der Waals surface area (Å²) >= 11 is 0. The molecule has 0 spiro atoms. The van der Waals surface area contributed by atoms with Crippen LogP contribution in [0.4, 0.5) is 5.82 Å². The molecule has 5 heteroatoms. The molecule has 0 amide bonds. The normalized spacial score (nSPS) is 10.5. The van der Waals surface area contributed by atoms with Crippen LogP contribution in [0, 0.1) is 0 Å². The third-order valence-corrected chi connectivity index (χ3v) is 2.44. The molecular weight excluding hydrogens is 220 g/mol. The van der Waals surface area contributed by atoms with Crippen LogP contribution < -0.4 is 10.5 Å². The van der Waals surface area contributed by atoms with Gasteiger partial charge in [-0.15, -0.1) is 0 Å². The Hall–Kier alpha value is -2.01. The molecule has 1 aromatic heterocycles. The number of hydrogen-bond donors (Lipinski definition) is 1. The van der Waals surface area contributed by atoms with E-state index in [4.69, 9.17) is 19.7 Å². The fraction of sp³-hybridized carbons (Fsp3) is 0.250. The second kappa shape index (κ2) is 4.88. The third-order valence-electron chi connectivity index (χ3n) is 2.44. The molecule has 0 radical (unpaired) electrons. The fourth-order valence-electron chi connectivity index (χ4n) is 1.70. The summed E-state index contributed by atoms with van der Waals surface area (Å²) in [5, 5.41) is 3.67. The molecule has 1 aromatic carbocycles. The summed E-state index contributed by atoms with van der Waals surface area (Å²) in [6.07, 6.45) is 0. The molecule has 1 heterocycles. The van der Waals surface area contributed by atoms with Gasteiger partial charge in [0.05, 0.1) is 13.7 Å². The van der Waals surface area contributed by atoms with Gasteiger partial charge in [0.25, 0.3) is 0 Å². The van der Waals surface area contributed by atoms with Crippen molar-refractivity contribution in [3.63, 3.8) is 0 Å². The summed E-state index contributed by atoms with van der Waals surface area (Å²) < 4.78 is 15.6. The lowest BCUT2D eigenvalue weighted by Gasteiger charge is -2.11. The second-order valence-electron chi connectivity index (χ2n) is 3.54. The molecule has 90 valence electrons. The van der Waals surface area contributed by atoms with Crippen molar-refractivity contribution in [2.75, 3.05) is 20.0 Å². The highest BCUT2D eigenvalue weighted by atomic mass is 16.5. The summed E-state index contributed by atoms with van der Waals surface area (Å²) in [5.41, 5.74) is 7.32. The van der Waals surface area contributed by atoms with Crippen LogP contribution >= 0.6 is 0 Å². The molecule has 2 aromatic rings. The Labute approximate surface area is 99.1 Å². The van der Waals surface area contributed by atoms with Crippen LogP contribution in [0.2, 0.25) is 0 Å². The lowest BCUT2D eigenvalue weighted by atomic mass is 10.0. The van der Waals surface area contributed by atoms with E-state index in [1.54, 1.807) is 20.3 Å². The van der Waals surface area contributed by atoms with Gasteiger partial charge < -0.3 is 19.7 Å². The summed E-state index contributed by atoms with van der Waals surface area (Å²) in [6, 6.07) is 7.34. The van der Waals surface area contributed by atoms with Gasteiger partial charge in [0.15, 0.2) is 11.6 Å². The number of rotatable bonds is 4. The van der Waals surface area contributed by atoms with Crippen molar-refractivity contribution in [1.82, 2.24) is 5.16 Å². The van der Waals surface area contributed by atoms with Crippen LogP contribution in [0.25, 0.3) is 11.3 Å². The van der Waals surface area contributed by atoms with Crippen molar-refractivity contribution in [3.05, 3.63) is 29.8 Å². The molecule has 2 N–H and O–H groups in total. The monoisotopic (exact) mass is 234 g/mol. The van der Waals surface area contributed by atoms with Crippen molar-refractivity contribution >= 4 is 5.82 Å². The van der Waals surface area contributed by atoms with Crippen LogP contribution in [-0.2, 0) is 11.3 Å². The second-order valence-corrected chi connectivity index (χ2v) is 3.54. The molecule has 0 fully saturated rings. The number of nitrogens with zero attached hydrogens (tertiary/aromatic N) is 1. The van der Waals surface area contributed by atoms with E-state index in [0.29, 0.717) is 18.2 Å². The van der Waals surface area contributed by atoms with Gasteiger partial charge in [-0.3, -0.25) is 0 Å². The maximum Gasteiger partial charge on any atom is 0.169 e. The van der Waals surface area contributed by atoms with Gasteiger partial charge in [-0.25, -0.2) is 0 Å². The highest BCUT2D eigenvalue weighted by Crippen LogP contribution is 2.31. The van der Waals surface area contributed by atoms with Crippen LogP contribution in [0.1, 0.15) is 5.56 Å². The zero-order valence-corrected chi connectivity index (χ0v) is 9.77. The van der Waals surface area contributed by atoms with Crippen molar-refractivity contribution in [2.24, 2.45) is 0 Å².